The summed E-state index contributed by atoms with van der Waals surface area (Å²) >= 11 is 12.0. The van der Waals surface area contributed by atoms with Crippen LogP contribution in [-0.4, -0.2) is 7.05 Å². The van der Waals surface area contributed by atoms with Crippen LogP contribution in [-0.2, 0) is 11.1 Å². The molecular formula is C17H20Cl2N2. The number of likely N-dealkylation sites (N-methyl/N-ethyl adjacent to an activating group) is 1. The molecule has 0 aromatic heterocycles. The van der Waals surface area contributed by atoms with E-state index in [1.165, 1.54) is 0 Å². The highest BCUT2D eigenvalue weighted by Crippen LogP contribution is 2.38. The van der Waals surface area contributed by atoms with Gasteiger partial charge in [-0.25, -0.2) is 0 Å². The molecule has 0 radical (unpaired) electrons. The van der Waals surface area contributed by atoms with Crippen molar-refractivity contribution in [1.82, 2.24) is 5.32 Å². The molecule has 0 bridgehead atoms. The Morgan fingerprint density at radius 2 is 1.19 bits per heavy atom. The second kappa shape index (κ2) is 5.98. The molecule has 0 aliphatic heterocycles. The minimum absolute atomic E-state index is 0.453. The van der Waals surface area contributed by atoms with Gasteiger partial charge < -0.3 is 11.1 Å². The molecule has 0 heterocycles. The summed E-state index contributed by atoms with van der Waals surface area (Å²) in [6, 6.07) is 15.4. The van der Waals surface area contributed by atoms with Gasteiger partial charge in [-0.3, -0.25) is 0 Å². The van der Waals surface area contributed by atoms with Crippen LogP contribution in [0.4, 0.5) is 0 Å². The van der Waals surface area contributed by atoms with Crippen LogP contribution in [0.25, 0.3) is 0 Å². The van der Waals surface area contributed by atoms with Gasteiger partial charge in [0.25, 0.3) is 0 Å². The maximum absolute atomic E-state index is 6.71. The number of nitrogens with two attached hydrogens (primary N) is 1. The predicted octanol–water partition coefficient (Wildman–Crippen LogP) is 4.30. The lowest BCUT2D eigenvalue weighted by Crippen LogP contribution is -2.58. The molecule has 0 aliphatic rings. The highest BCUT2D eigenvalue weighted by molar-refractivity contribution is 6.30. The molecule has 2 unspecified atom stereocenters. The summed E-state index contributed by atoms with van der Waals surface area (Å²) in [4.78, 5) is 0. The Bertz CT molecular complexity index is 606. The molecular weight excluding hydrogens is 303 g/mol. The van der Waals surface area contributed by atoms with E-state index >= 15 is 0 Å². The van der Waals surface area contributed by atoms with E-state index in [0.717, 1.165) is 11.1 Å². The largest absolute Gasteiger partial charge is 0.320 e. The highest BCUT2D eigenvalue weighted by atomic mass is 35.5. The Morgan fingerprint density at radius 1 is 0.810 bits per heavy atom. The van der Waals surface area contributed by atoms with Gasteiger partial charge in [0.2, 0.25) is 0 Å². The lowest BCUT2D eigenvalue weighted by molar-refractivity contribution is 0.219. The van der Waals surface area contributed by atoms with E-state index in [4.69, 9.17) is 28.9 Å². The molecule has 3 N–H and O–H groups in total. The SMILES string of the molecule is CNC(C)(c1ccc(Cl)cc1)C(C)(N)c1ccc(Cl)cc1. The fourth-order valence-electron chi connectivity index (χ4n) is 2.57. The lowest BCUT2D eigenvalue weighted by atomic mass is 9.71. The molecule has 2 aromatic rings. The van der Waals surface area contributed by atoms with E-state index in [2.05, 4.69) is 12.2 Å². The van der Waals surface area contributed by atoms with Crippen molar-refractivity contribution in [1.29, 1.82) is 0 Å². The van der Waals surface area contributed by atoms with Crippen LogP contribution in [0, 0.1) is 0 Å². The molecule has 0 saturated carbocycles. The van der Waals surface area contributed by atoms with Crippen LogP contribution in [0.1, 0.15) is 25.0 Å². The van der Waals surface area contributed by atoms with Crippen LogP contribution >= 0.6 is 23.2 Å². The summed E-state index contributed by atoms with van der Waals surface area (Å²) in [6.45, 7) is 4.10. The van der Waals surface area contributed by atoms with Gasteiger partial charge in [0, 0.05) is 10.0 Å². The summed E-state index contributed by atoms with van der Waals surface area (Å²) in [5.41, 5.74) is 7.72. The third-order valence-electron chi connectivity index (χ3n) is 4.40. The molecule has 2 atom stereocenters. The van der Waals surface area contributed by atoms with Gasteiger partial charge in [0.15, 0.2) is 0 Å². The van der Waals surface area contributed by atoms with Crippen molar-refractivity contribution in [2.24, 2.45) is 5.73 Å². The molecule has 2 nitrogen and oxygen atoms in total. The van der Waals surface area contributed by atoms with Crippen LogP contribution in [0.2, 0.25) is 10.0 Å². The zero-order valence-corrected chi connectivity index (χ0v) is 14.0. The summed E-state index contributed by atoms with van der Waals surface area (Å²) < 4.78 is 0. The van der Waals surface area contributed by atoms with Gasteiger partial charge in [-0.2, -0.15) is 0 Å². The van der Waals surface area contributed by atoms with E-state index in [-0.39, 0.29) is 0 Å². The van der Waals surface area contributed by atoms with Crippen molar-refractivity contribution in [3.63, 3.8) is 0 Å². The normalized spacial score (nSPS) is 17.0. The Labute approximate surface area is 136 Å². The average Bonchev–Trinajstić information content (AvgIpc) is 2.47. The Balaban J connectivity index is 2.51. The smallest absolute Gasteiger partial charge is 0.0625 e. The molecule has 2 aromatic carbocycles. The molecule has 4 heteroatoms. The maximum atomic E-state index is 6.71. The van der Waals surface area contributed by atoms with Crippen LogP contribution in [0.3, 0.4) is 0 Å². The first-order valence-corrected chi connectivity index (χ1v) is 7.57. The van der Waals surface area contributed by atoms with Gasteiger partial charge in [-0.1, -0.05) is 47.5 Å². The van der Waals surface area contributed by atoms with Gasteiger partial charge in [0.05, 0.1) is 11.1 Å². The quantitative estimate of drug-likeness (QED) is 0.880. The zero-order valence-electron chi connectivity index (χ0n) is 12.5. The summed E-state index contributed by atoms with van der Waals surface area (Å²) in [5, 5.41) is 4.78. The Morgan fingerprint density at radius 3 is 1.57 bits per heavy atom. The topological polar surface area (TPSA) is 38.0 Å². The first-order chi connectivity index (χ1) is 9.81. The number of hydrogen-bond donors (Lipinski definition) is 2. The van der Waals surface area contributed by atoms with Crippen molar-refractivity contribution in [2.45, 2.75) is 24.9 Å². The monoisotopic (exact) mass is 322 g/mol. The van der Waals surface area contributed by atoms with Crippen molar-refractivity contribution in [3.05, 3.63) is 69.7 Å². The van der Waals surface area contributed by atoms with Crippen molar-refractivity contribution in [3.8, 4) is 0 Å². The van der Waals surface area contributed by atoms with Crippen molar-refractivity contribution < 1.29 is 0 Å². The van der Waals surface area contributed by atoms with E-state index in [1.807, 2.05) is 62.5 Å². The molecule has 0 amide bonds. The fraction of sp³-hybridized carbons (Fsp3) is 0.294. The Kier molecular flexibility index (Phi) is 4.64. The average molecular weight is 323 g/mol. The first kappa shape index (κ1) is 16.3. The number of hydrogen-bond acceptors (Lipinski definition) is 2. The van der Waals surface area contributed by atoms with Gasteiger partial charge in [-0.05, 0) is 56.3 Å². The molecule has 0 aliphatic carbocycles. The number of benzene rings is 2. The first-order valence-electron chi connectivity index (χ1n) is 6.81. The predicted molar refractivity (Wildman–Crippen MR) is 90.9 cm³/mol. The minimum Gasteiger partial charge on any atom is -0.320 e. The van der Waals surface area contributed by atoms with Crippen LogP contribution < -0.4 is 11.1 Å². The van der Waals surface area contributed by atoms with Gasteiger partial charge in [0.1, 0.15) is 0 Å². The standard InChI is InChI=1S/C17H20Cl2N2/c1-16(20,12-4-8-14(18)9-5-12)17(2,21-3)13-6-10-15(19)11-7-13/h4-11,21H,20H2,1-3H3. The second-order valence-corrected chi connectivity index (χ2v) is 6.46. The number of nitrogens with one attached hydrogen (secondary N) is 1. The molecule has 112 valence electrons. The minimum atomic E-state index is -0.625. The van der Waals surface area contributed by atoms with E-state index < -0.39 is 11.1 Å². The maximum Gasteiger partial charge on any atom is 0.0625 e. The number of rotatable bonds is 4. The third-order valence-corrected chi connectivity index (χ3v) is 4.91. The van der Waals surface area contributed by atoms with E-state index in [0.29, 0.717) is 10.0 Å². The Hall–Kier alpha value is -1.06. The highest BCUT2D eigenvalue weighted by Gasteiger charge is 2.43. The molecule has 21 heavy (non-hydrogen) atoms. The van der Waals surface area contributed by atoms with E-state index in [1.54, 1.807) is 0 Å². The third kappa shape index (κ3) is 2.95. The zero-order chi connectivity index (χ0) is 15.7. The van der Waals surface area contributed by atoms with Gasteiger partial charge in [-0.15, -0.1) is 0 Å². The van der Waals surface area contributed by atoms with Crippen molar-refractivity contribution in [2.75, 3.05) is 7.05 Å². The van der Waals surface area contributed by atoms with Crippen molar-refractivity contribution >= 4 is 23.2 Å². The molecule has 2 rings (SSSR count). The lowest BCUT2D eigenvalue weighted by Gasteiger charge is -2.45. The molecule has 0 fully saturated rings. The van der Waals surface area contributed by atoms with Crippen LogP contribution in [0.5, 0.6) is 0 Å². The van der Waals surface area contributed by atoms with Crippen LogP contribution in [0.15, 0.2) is 48.5 Å². The number of halogens is 2. The fourth-order valence-corrected chi connectivity index (χ4v) is 2.82. The summed E-state index contributed by atoms with van der Waals surface area (Å²) in [5.74, 6) is 0. The second-order valence-electron chi connectivity index (χ2n) is 5.59. The molecule has 0 spiro atoms. The molecule has 0 saturated heterocycles. The van der Waals surface area contributed by atoms with E-state index in [9.17, 15) is 0 Å². The summed E-state index contributed by atoms with van der Waals surface area (Å²) in [6.07, 6.45) is 0. The summed E-state index contributed by atoms with van der Waals surface area (Å²) in [7, 11) is 1.91. The van der Waals surface area contributed by atoms with Gasteiger partial charge >= 0.3 is 0 Å².